The zero-order chi connectivity index (χ0) is 19.2. The molecule has 1 amide bonds. The van der Waals surface area contributed by atoms with Crippen LogP contribution in [-0.2, 0) is 11.2 Å². The highest BCUT2D eigenvalue weighted by Crippen LogP contribution is 2.26. The zero-order valence-electron chi connectivity index (χ0n) is 16.3. The van der Waals surface area contributed by atoms with Gasteiger partial charge in [0, 0.05) is 42.9 Å². The molecular weight excluding hydrogens is 336 g/mol. The molecule has 3 rings (SSSR count). The van der Waals surface area contributed by atoms with Gasteiger partial charge in [-0.15, -0.1) is 0 Å². The molecule has 1 saturated heterocycles. The standard InChI is InChI=1S/C23H28N2O2/c1-3-18-6-8-19(9-7-18)22(26)12-13-23(27)24-20-10-11-21(17(2)16-20)25-14-4-5-15-25/h6-11,16H,3-5,12-15H2,1-2H3,(H,24,27). The molecule has 2 aromatic rings. The van der Waals surface area contributed by atoms with Crippen LogP contribution in [0.15, 0.2) is 42.5 Å². The molecule has 1 fully saturated rings. The van der Waals surface area contributed by atoms with E-state index in [1.54, 1.807) is 0 Å². The number of hydrogen-bond acceptors (Lipinski definition) is 3. The lowest BCUT2D eigenvalue weighted by Crippen LogP contribution is -2.19. The molecule has 2 aromatic carbocycles. The maximum absolute atomic E-state index is 12.3. The number of aryl methyl sites for hydroxylation is 2. The Morgan fingerprint density at radius 2 is 1.70 bits per heavy atom. The molecule has 142 valence electrons. The average molecular weight is 364 g/mol. The highest BCUT2D eigenvalue weighted by atomic mass is 16.2. The number of benzene rings is 2. The second-order valence-corrected chi connectivity index (χ2v) is 7.22. The second kappa shape index (κ2) is 8.85. The molecule has 4 heteroatoms. The van der Waals surface area contributed by atoms with Crippen molar-refractivity contribution in [1.29, 1.82) is 0 Å². The number of amides is 1. The summed E-state index contributed by atoms with van der Waals surface area (Å²) in [4.78, 5) is 26.9. The van der Waals surface area contributed by atoms with Gasteiger partial charge in [-0.1, -0.05) is 31.2 Å². The van der Waals surface area contributed by atoms with E-state index >= 15 is 0 Å². The molecule has 0 unspecified atom stereocenters. The van der Waals surface area contributed by atoms with Gasteiger partial charge < -0.3 is 10.2 Å². The fourth-order valence-corrected chi connectivity index (χ4v) is 3.57. The summed E-state index contributed by atoms with van der Waals surface area (Å²) < 4.78 is 0. The number of anilines is 2. The van der Waals surface area contributed by atoms with E-state index in [2.05, 4.69) is 30.1 Å². The van der Waals surface area contributed by atoms with Crippen molar-refractivity contribution >= 4 is 23.1 Å². The number of rotatable bonds is 7. The van der Waals surface area contributed by atoms with Crippen LogP contribution >= 0.6 is 0 Å². The Labute approximate surface area is 161 Å². The van der Waals surface area contributed by atoms with Gasteiger partial charge >= 0.3 is 0 Å². The summed E-state index contributed by atoms with van der Waals surface area (Å²) >= 11 is 0. The van der Waals surface area contributed by atoms with Crippen LogP contribution in [0.3, 0.4) is 0 Å². The number of carbonyl (C=O) groups is 2. The van der Waals surface area contributed by atoms with Gasteiger partial charge in [-0.05, 0) is 55.5 Å². The number of nitrogens with one attached hydrogen (secondary N) is 1. The SMILES string of the molecule is CCc1ccc(C(=O)CCC(=O)Nc2ccc(N3CCCC3)c(C)c2)cc1. The molecule has 0 spiro atoms. The van der Waals surface area contributed by atoms with Crippen LogP contribution in [0.2, 0.25) is 0 Å². The van der Waals surface area contributed by atoms with Gasteiger partial charge in [0.05, 0.1) is 0 Å². The Balaban J connectivity index is 1.52. The Bertz CT molecular complexity index is 806. The Hall–Kier alpha value is -2.62. The normalized spacial score (nSPS) is 13.6. The van der Waals surface area contributed by atoms with Crippen LogP contribution in [0.1, 0.15) is 54.1 Å². The molecule has 0 bridgehead atoms. The topological polar surface area (TPSA) is 49.4 Å². The lowest BCUT2D eigenvalue weighted by molar-refractivity contribution is -0.116. The van der Waals surface area contributed by atoms with E-state index in [0.29, 0.717) is 5.56 Å². The van der Waals surface area contributed by atoms with Crippen molar-refractivity contribution in [3.05, 3.63) is 59.2 Å². The largest absolute Gasteiger partial charge is 0.371 e. The minimum absolute atomic E-state index is 0.00775. The van der Waals surface area contributed by atoms with Crippen LogP contribution in [-0.4, -0.2) is 24.8 Å². The van der Waals surface area contributed by atoms with Gasteiger partial charge in [-0.3, -0.25) is 9.59 Å². The van der Waals surface area contributed by atoms with E-state index in [-0.39, 0.29) is 24.5 Å². The molecule has 27 heavy (non-hydrogen) atoms. The minimum atomic E-state index is -0.123. The molecule has 1 heterocycles. The van der Waals surface area contributed by atoms with Gasteiger partial charge in [-0.2, -0.15) is 0 Å². The minimum Gasteiger partial charge on any atom is -0.371 e. The predicted octanol–water partition coefficient (Wildman–Crippen LogP) is 4.76. The maximum atomic E-state index is 12.3. The number of Topliss-reactive ketones (excluding diaryl/α,β-unsaturated/α-hetero) is 1. The molecule has 1 aliphatic heterocycles. The highest BCUT2D eigenvalue weighted by Gasteiger charge is 2.15. The smallest absolute Gasteiger partial charge is 0.224 e. The zero-order valence-corrected chi connectivity index (χ0v) is 16.3. The molecule has 0 aliphatic carbocycles. The van der Waals surface area contributed by atoms with Crippen molar-refractivity contribution in [2.24, 2.45) is 0 Å². The molecule has 0 saturated carbocycles. The van der Waals surface area contributed by atoms with Gasteiger partial charge in [0.25, 0.3) is 0 Å². The van der Waals surface area contributed by atoms with E-state index in [1.165, 1.54) is 29.7 Å². The summed E-state index contributed by atoms with van der Waals surface area (Å²) in [5.74, 6) is -0.116. The molecule has 1 aliphatic rings. The Morgan fingerprint density at radius 3 is 2.33 bits per heavy atom. The Kier molecular flexibility index (Phi) is 6.28. The van der Waals surface area contributed by atoms with Crippen molar-refractivity contribution in [2.45, 2.75) is 46.0 Å². The average Bonchev–Trinajstić information content (AvgIpc) is 3.20. The van der Waals surface area contributed by atoms with Gasteiger partial charge in [0.1, 0.15) is 0 Å². The molecule has 0 atom stereocenters. The fraction of sp³-hybridized carbons (Fsp3) is 0.391. The highest BCUT2D eigenvalue weighted by molar-refractivity contribution is 6.00. The van der Waals surface area contributed by atoms with Crippen LogP contribution in [0.25, 0.3) is 0 Å². The third-order valence-corrected chi connectivity index (χ3v) is 5.19. The fourth-order valence-electron chi connectivity index (χ4n) is 3.57. The lowest BCUT2D eigenvalue weighted by Gasteiger charge is -2.20. The van der Waals surface area contributed by atoms with Crippen molar-refractivity contribution in [3.8, 4) is 0 Å². The lowest BCUT2D eigenvalue weighted by atomic mass is 10.0. The van der Waals surface area contributed by atoms with Crippen molar-refractivity contribution in [2.75, 3.05) is 23.3 Å². The first-order valence-corrected chi connectivity index (χ1v) is 9.84. The quantitative estimate of drug-likeness (QED) is 0.721. The monoisotopic (exact) mass is 364 g/mol. The van der Waals surface area contributed by atoms with Crippen LogP contribution in [0.5, 0.6) is 0 Å². The Morgan fingerprint density at radius 1 is 1.00 bits per heavy atom. The first-order valence-electron chi connectivity index (χ1n) is 9.84. The number of hydrogen-bond donors (Lipinski definition) is 1. The molecule has 4 nitrogen and oxygen atoms in total. The van der Waals surface area contributed by atoms with Crippen LogP contribution in [0.4, 0.5) is 11.4 Å². The number of carbonyl (C=O) groups excluding carboxylic acids is 2. The predicted molar refractivity (Wildman–Crippen MR) is 111 cm³/mol. The van der Waals surface area contributed by atoms with E-state index in [9.17, 15) is 9.59 Å². The second-order valence-electron chi connectivity index (χ2n) is 7.22. The summed E-state index contributed by atoms with van der Waals surface area (Å²) in [6.45, 7) is 6.37. The van der Waals surface area contributed by atoms with Gasteiger partial charge in [0.2, 0.25) is 5.91 Å². The van der Waals surface area contributed by atoms with Crippen molar-refractivity contribution in [3.63, 3.8) is 0 Å². The van der Waals surface area contributed by atoms with E-state index in [4.69, 9.17) is 0 Å². The summed E-state index contributed by atoms with van der Waals surface area (Å²) in [6.07, 6.45) is 3.86. The van der Waals surface area contributed by atoms with E-state index < -0.39 is 0 Å². The van der Waals surface area contributed by atoms with E-state index in [1.807, 2.05) is 36.4 Å². The maximum Gasteiger partial charge on any atom is 0.224 e. The van der Waals surface area contributed by atoms with Crippen molar-refractivity contribution < 1.29 is 9.59 Å². The van der Waals surface area contributed by atoms with Crippen molar-refractivity contribution in [1.82, 2.24) is 0 Å². The summed E-state index contributed by atoms with van der Waals surface area (Å²) in [7, 11) is 0. The van der Waals surface area contributed by atoms with Gasteiger partial charge in [-0.25, -0.2) is 0 Å². The van der Waals surface area contributed by atoms with Gasteiger partial charge in [0.15, 0.2) is 5.78 Å². The summed E-state index contributed by atoms with van der Waals surface area (Å²) in [5, 5.41) is 2.92. The van der Waals surface area contributed by atoms with Crippen LogP contribution in [0, 0.1) is 6.92 Å². The first kappa shape index (κ1) is 19.2. The van der Waals surface area contributed by atoms with E-state index in [0.717, 1.165) is 25.2 Å². The summed E-state index contributed by atoms with van der Waals surface area (Å²) in [5.41, 5.74) is 5.08. The molecule has 0 aromatic heterocycles. The third kappa shape index (κ3) is 4.97. The summed E-state index contributed by atoms with van der Waals surface area (Å²) in [6, 6.07) is 13.7. The third-order valence-electron chi connectivity index (χ3n) is 5.19. The first-order chi connectivity index (χ1) is 13.1. The molecule has 1 N–H and O–H groups in total. The van der Waals surface area contributed by atoms with Crippen LogP contribution < -0.4 is 10.2 Å². The molecular formula is C23H28N2O2. The molecule has 0 radical (unpaired) electrons. The number of ketones is 1. The number of nitrogens with zero attached hydrogens (tertiary/aromatic N) is 1.